The molecule has 0 atom stereocenters. The van der Waals surface area contributed by atoms with Crippen molar-refractivity contribution in [2.24, 2.45) is 0 Å². The maximum atomic E-state index is 12.6. The Hall–Kier alpha value is -1.10. The van der Waals surface area contributed by atoms with Gasteiger partial charge in [0.05, 0.1) is 6.54 Å². The topological polar surface area (TPSA) is 58.6 Å². The molecule has 2 saturated heterocycles. The Morgan fingerprint density at radius 3 is 2.44 bits per heavy atom. The molecule has 2 heterocycles. The fraction of sp³-hybridized carbons (Fsp3) is 0.846. The van der Waals surface area contributed by atoms with Crippen LogP contribution in [0.4, 0.5) is 0 Å². The van der Waals surface area contributed by atoms with Crippen molar-refractivity contribution >= 4 is 11.8 Å². The van der Waals surface area contributed by atoms with Gasteiger partial charge in [-0.25, -0.2) is 0 Å². The molecule has 5 nitrogen and oxygen atoms in total. The maximum absolute atomic E-state index is 12.6. The fourth-order valence-corrected chi connectivity index (χ4v) is 2.88. The van der Waals surface area contributed by atoms with Gasteiger partial charge in [-0.3, -0.25) is 9.59 Å². The average molecular weight is 254 g/mol. The average Bonchev–Trinajstić information content (AvgIpc) is 2.42. The molecule has 2 fully saturated rings. The highest BCUT2D eigenvalue weighted by Crippen LogP contribution is 2.26. The van der Waals surface area contributed by atoms with E-state index in [0.717, 1.165) is 12.8 Å². The number of amides is 2. The number of piperazine rings is 1. The van der Waals surface area contributed by atoms with Gasteiger partial charge in [-0.05, 0) is 25.7 Å². The lowest BCUT2D eigenvalue weighted by Crippen LogP contribution is -2.68. The van der Waals surface area contributed by atoms with Gasteiger partial charge in [0.15, 0.2) is 0 Å². The molecule has 0 bridgehead atoms. The summed E-state index contributed by atoms with van der Waals surface area (Å²) in [5.41, 5.74) is -0.687. The summed E-state index contributed by atoms with van der Waals surface area (Å²) in [6, 6.07) is 0.162. The zero-order chi connectivity index (χ0) is 13.2. The number of hydrogen-bond acceptors (Lipinski definition) is 3. The number of nitrogens with one attached hydrogen (secondary N) is 1. The van der Waals surface area contributed by atoms with Crippen LogP contribution in [0.3, 0.4) is 0 Å². The number of carbonyl (C=O) groups is 2. The van der Waals surface area contributed by atoms with Gasteiger partial charge in [-0.2, -0.15) is 0 Å². The Morgan fingerprint density at radius 2 is 1.89 bits per heavy atom. The third-order valence-corrected chi connectivity index (χ3v) is 4.20. The van der Waals surface area contributed by atoms with Crippen molar-refractivity contribution in [1.82, 2.24) is 10.2 Å². The second-order valence-corrected chi connectivity index (χ2v) is 5.11. The monoisotopic (exact) mass is 254 g/mol. The second-order valence-electron chi connectivity index (χ2n) is 5.11. The summed E-state index contributed by atoms with van der Waals surface area (Å²) in [4.78, 5) is 26.3. The predicted molar refractivity (Wildman–Crippen MR) is 67.0 cm³/mol. The largest absolute Gasteiger partial charge is 0.381 e. The van der Waals surface area contributed by atoms with E-state index in [4.69, 9.17) is 4.74 Å². The molecular formula is C13H22N2O3. The normalized spacial score (nSPS) is 25.1. The molecule has 0 saturated carbocycles. The Bertz CT molecular complexity index is 333. The molecule has 2 aliphatic heterocycles. The molecule has 18 heavy (non-hydrogen) atoms. The van der Waals surface area contributed by atoms with Gasteiger partial charge in [0.25, 0.3) is 0 Å². The molecule has 2 aliphatic rings. The lowest BCUT2D eigenvalue weighted by Gasteiger charge is -2.45. The smallest absolute Gasteiger partial charge is 0.249 e. The van der Waals surface area contributed by atoms with E-state index in [9.17, 15) is 9.59 Å². The molecule has 2 rings (SSSR count). The molecule has 0 aliphatic carbocycles. The first-order valence-corrected chi connectivity index (χ1v) is 6.83. The summed E-state index contributed by atoms with van der Waals surface area (Å²) >= 11 is 0. The SMILES string of the molecule is CCC1(CC)NC(=O)CN(C2CCOCC2)C1=O. The van der Waals surface area contributed by atoms with Gasteiger partial charge >= 0.3 is 0 Å². The van der Waals surface area contributed by atoms with Gasteiger partial charge in [0, 0.05) is 19.3 Å². The number of nitrogens with zero attached hydrogens (tertiary/aromatic N) is 1. The highest BCUT2D eigenvalue weighted by atomic mass is 16.5. The van der Waals surface area contributed by atoms with Crippen molar-refractivity contribution in [2.45, 2.75) is 51.1 Å². The van der Waals surface area contributed by atoms with Crippen molar-refractivity contribution in [3.8, 4) is 0 Å². The first kappa shape index (κ1) is 13.3. The Balaban J connectivity index is 2.19. The minimum absolute atomic E-state index is 0.0372. The Labute approximate surface area is 108 Å². The highest BCUT2D eigenvalue weighted by Gasteiger charge is 2.46. The number of carbonyl (C=O) groups excluding carboxylic acids is 2. The predicted octanol–water partition coefficient (Wildman–Crippen LogP) is 0.683. The van der Waals surface area contributed by atoms with Crippen LogP contribution < -0.4 is 5.32 Å². The van der Waals surface area contributed by atoms with Crippen LogP contribution >= 0.6 is 0 Å². The summed E-state index contributed by atoms with van der Waals surface area (Å²) < 4.78 is 5.32. The number of rotatable bonds is 3. The van der Waals surface area contributed by atoms with E-state index in [-0.39, 0.29) is 24.4 Å². The van der Waals surface area contributed by atoms with Crippen LogP contribution in [-0.2, 0) is 14.3 Å². The van der Waals surface area contributed by atoms with Crippen LogP contribution in [-0.4, -0.2) is 48.1 Å². The fourth-order valence-electron chi connectivity index (χ4n) is 2.88. The Morgan fingerprint density at radius 1 is 1.28 bits per heavy atom. The van der Waals surface area contributed by atoms with Crippen molar-refractivity contribution in [1.29, 1.82) is 0 Å². The van der Waals surface area contributed by atoms with Crippen LogP contribution in [0.2, 0.25) is 0 Å². The highest BCUT2D eigenvalue weighted by molar-refractivity contribution is 5.98. The van der Waals surface area contributed by atoms with Crippen LogP contribution in [0.15, 0.2) is 0 Å². The molecule has 0 unspecified atom stereocenters. The number of hydrogen-bond donors (Lipinski definition) is 1. The first-order valence-electron chi connectivity index (χ1n) is 6.83. The van der Waals surface area contributed by atoms with Crippen LogP contribution in [0.5, 0.6) is 0 Å². The first-order chi connectivity index (χ1) is 8.63. The maximum Gasteiger partial charge on any atom is 0.249 e. The van der Waals surface area contributed by atoms with Gasteiger partial charge in [-0.15, -0.1) is 0 Å². The molecule has 5 heteroatoms. The lowest BCUT2D eigenvalue weighted by molar-refractivity contribution is -0.154. The van der Waals surface area contributed by atoms with Crippen LogP contribution in [0.1, 0.15) is 39.5 Å². The molecule has 0 aromatic heterocycles. The van der Waals surface area contributed by atoms with E-state index in [0.29, 0.717) is 26.1 Å². The second kappa shape index (κ2) is 5.26. The van der Waals surface area contributed by atoms with E-state index in [2.05, 4.69) is 5.32 Å². The molecule has 0 radical (unpaired) electrons. The zero-order valence-corrected chi connectivity index (χ0v) is 11.2. The van der Waals surface area contributed by atoms with Crippen LogP contribution in [0, 0.1) is 0 Å². The van der Waals surface area contributed by atoms with Crippen molar-refractivity contribution in [3.63, 3.8) is 0 Å². The number of ether oxygens (including phenoxy) is 1. The van der Waals surface area contributed by atoms with Crippen molar-refractivity contribution in [2.75, 3.05) is 19.8 Å². The Kier molecular flexibility index (Phi) is 3.90. The molecule has 2 amide bonds. The van der Waals surface area contributed by atoms with E-state index in [1.807, 2.05) is 13.8 Å². The molecule has 0 aromatic rings. The molecule has 0 aromatic carbocycles. The van der Waals surface area contributed by atoms with E-state index >= 15 is 0 Å². The third kappa shape index (κ3) is 2.23. The van der Waals surface area contributed by atoms with E-state index < -0.39 is 5.54 Å². The minimum atomic E-state index is -0.687. The molecule has 0 spiro atoms. The zero-order valence-electron chi connectivity index (χ0n) is 11.2. The van der Waals surface area contributed by atoms with Crippen LogP contribution in [0.25, 0.3) is 0 Å². The molecule has 102 valence electrons. The van der Waals surface area contributed by atoms with Gasteiger partial charge in [0.2, 0.25) is 11.8 Å². The quantitative estimate of drug-likeness (QED) is 0.806. The molecule has 1 N–H and O–H groups in total. The van der Waals surface area contributed by atoms with E-state index in [1.54, 1.807) is 4.90 Å². The summed E-state index contributed by atoms with van der Waals surface area (Å²) in [6.07, 6.45) is 2.96. The molecular weight excluding hydrogens is 232 g/mol. The van der Waals surface area contributed by atoms with Gasteiger partial charge in [-0.1, -0.05) is 13.8 Å². The minimum Gasteiger partial charge on any atom is -0.381 e. The lowest BCUT2D eigenvalue weighted by atomic mass is 9.87. The summed E-state index contributed by atoms with van der Waals surface area (Å²) in [5.74, 6) is 0.0452. The summed E-state index contributed by atoms with van der Waals surface area (Å²) in [7, 11) is 0. The van der Waals surface area contributed by atoms with Gasteiger partial charge < -0.3 is 15.0 Å². The summed E-state index contributed by atoms with van der Waals surface area (Å²) in [5, 5.41) is 2.89. The summed E-state index contributed by atoms with van der Waals surface area (Å²) in [6.45, 7) is 5.47. The van der Waals surface area contributed by atoms with E-state index in [1.165, 1.54) is 0 Å². The standard InChI is InChI=1S/C13H22N2O3/c1-3-13(4-2)12(17)15(9-11(16)14-13)10-5-7-18-8-6-10/h10H,3-9H2,1-2H3,(H,14,16). The van der Waals surface area contributed by atoms with Crippen molar-refractivity contribution in [3.05, 3.63) is 0 Å². The van der Waals surface area contributed by atoms with Gasteiger partial charge in [0.1, 0.15) is 5.54 Å². The third-order valence-electron chi connectivity index (χ3n) is 4.20. The van der Waals surface area contributed by atoms with Crippen molar-refractivity contribution < 1.29 is 14.3 Å².